The van der Waals surface area contributed by atoms with Crippen LogP contribution in [0.3, 0.4) is 0 Å². The number of amides is 1. The number of nitrogens with zero attached hydrogens (tertiary/aromatic N) is 2. The van der Waals surface area contributed by atoms with Gasteiger partial charge in [-0.05, 0) is 36.5 Å². The van der Waals surface area contributed by atoms with Crippen molar-refractivity contribution in [1.29, 1.82) is 0 Å². The lowest BCUT2D eigenvalue weighted by atomic mass is 10.0. The maximum atomic E-state index is 12.9. The number of benzene rings is 2. The van der Waals surface area contributed by atoms with E-state index in [0.29, 0.717) is 17.6 Å². The Labute approximate surface area is 174 Å². The molecule has 0 saturated carbocycles. The second-order valence-electron chi connectivity index (χ2n) is 7.11. The molecule has 1 amide bonds. The molecule has 7 nitrogen and oxygen atoms in total. The van der Waals surface area contributed by atoms with Gasteiger partial charge in [0.2, 0.25) is 15.9 Å². The second kappa shape index (κ2) is 9.43. The van der Waals surface area contributed by atoms with Gasteiger partial charge in [-0.25, -0.2) is 8.42 Å². The summed E-state index contributed by atoms with van der Waals surface area (Å²) in [6.45, 7) is 4.09. The molecule has 2 N–H and O–H groups in total. The summed E-state index contributed by atoms with van der Waals surface area (Å²) in [7, 11) is -3.93. The van der Waals surface area contributed by atoms with Crippen LogP contribution in [0.5, 0.6) is 0 Å². The van der Waals surface area contributed by atoms with Gasteiger partial charge < -0.3 is 5.32 Å². The van der Waals surface area contributed by atoms with Crippen LogP contribution in [0.4, 0.5) is 0 Å². The van der Waals surface area contributed by atoms with Gasteiger partial charge in [-0.2, -0.15) is 13.5 Å². The molecule has 0 aliphatic rings. The highest BCUT2D eigenvalue weighted by atomic mass is 32.2. The third kappa shape index (κ3) is 5.37. The number of nitrogens with one attached hydrogen (secondary N) is 2. The summed E-state index contributed by atoms with van der Waals surface area (Å²) in [5.41, 5.74) is 2.04. The molecule has 1 atom stereocenters. The maximum absolute atomic E-state index is 12.9. The molecule has 0 bridgehead atoms. The minimum atomic E-state index is -3.93. The Morgan fingerprint density at radius 3 is 2.55 bits per heavy atom. The standard InChI is InChI=1S/C20H24N4O3S2/c1-14(2)18(20(25)21-13-7-10-15-8-4-3-5-9-15)24-29(26,27)17-12-6-11-16-19(17)23-28-22-16/h3-6,8-9,11-12,14,18,24H,7,10,13H2,1-2H3,(H,21,25). The highest BCUT2D eigenvalue weighted by Gasteiger charge is 2.29. The quantitative estimate of drug-likeness (QED) is 0.506. The Balaban J connectivity index is 1.64. The zero-order valence-electron chi connectivity index (χ0n) is 16.3. The smallest absolute Gasteiger partial charge is 0.243 e. The van der Waals surface area contributed by atoms with E-state index >= 15 is 0 Å². The first kappa shape index (κ1) is 21.4. The van der Waals surface area contributed by atoms with Crippen LogP contribution in [-0.2, 0) is 21.2 Å². The largest absolute Gasteiger partial charge is 0.355 e. The monoisotopic (exact) mass is 432 g/mol. The van der Waals surface area contributed by atoms with Crippen molar-refractivity contribution < 1.29 is 13.2 Å². The normalized spacial score (nSPS) is 12.9. The van der Waals surface area contributed by atoms with E-state index in [4.69, 9.17) is 0 Å². The van der Waals surface area contributed by atoms with E-state index in [9.17, 15) is 13.2 Å². The second-order valence-corrected chi connectivity index (χ2v) is 9.32. The molecule has 154 valence electrons. The minimum Gasteiger partial charge on any atom is -0.355 e. The molecule has 0 aliphatic heterocycles. The number of hydrogen-bond donors (Lipinski definition) is 2. The summed E-state index contributed by atoms with van der Waals surface area (Å²) >= 11 is 0.955. The minimum absolute atomic E-state index is 0.0336. The molecule has 1 unspecified atom stereocenters. The van der Waals surface area contributed by atoms with Gasteiger partial charge in [-0.3, -0.25) is 4.79 Å². The SMILES string of the molecule is CC(C)C(NS(=O)(=O)c1cccc2nsnc12)C(=O)NCCCc1ccccc1. The molecule has 0 spiro atoms. The molecule has 0 saturated heterocycles. The number of rotatable bonds is 9. The molecule has 3 aromatic rings. The van der Waals surface area contributed by atoms with Crippen molar-refractivity contribution >= 4 is 38.7 Å². The molecular formula is C20H24N4O3S2. The fourth-order valence-electron chi connectivity index (χ4n) is 2.98. The van der Waals surface area contributed by atoms with Crippen molar-refractivity contribution in [1.82, 2.24) is 18.8 Å². The van der Waals surface area contributed by atoms with Crippen LogP contribution in [0.25, 0.3) is 11.0 Å². The van der Waals surface area contributed by atoms with Crippen molar-refractivity contribution in [3.8, 4) is 0 Å². The molecule has 1 aromatic heterocycles. The summed E-state index contributed by atoms with van der Waals surface area (Å²) in [4.78, 5) is 12.7. The van der Waals surface area contributed by atoms with E-state index in [0.717, 1.165) is 24.6 Å². The van der Waals surface area contributed by atoms with Crippen molar-refractivity contribution in [3.05, 3.63) is 54.1 Å². The van der Waals surface area contributed by atoms with E-state index in [1.54, 1.807) is 12.1 Å². The molecule has 29 heavy (non-hydrogen) atoms. The Hall–Kier alpha value is -2.36. The summed E-state index contributed by atoms with van der Waals surface area (Å²) in [5, 5.41) is 2.85. The molecule has 3 rings (SSSR count). The molecule has 2 aromatic carbocycles. The lowest BCUT2D eigenvalue weighted by Crippen LogP contribution is -2.49. The number of hydrogen-bond acceptors (Lipinski definition) is 6. The highest BCUT2D eigenvalue weighted by molar-refractivity contribution is 7.89. The average molecular weight is 433 g/mol. The topological polar surface area (TPSA) is 101 Å². The Morgan fingerprint density at radius 2 is 1.83 bits per heavy atom. The van der Waals surface area contributed by atoms with Crippen LogP contribution in [-0.4, -0.2) is 35.7 Å². The highest BCUT2D eigenvalue weighted by Crippen LogP contribution is 2.21. The molecule has 0 fully saturated rings. The first-order valence-corrected chi connectivity index (χ1v) is 11.6. The first-order chi connectivity index (χ1) is 13.9. The van der Waals surface area contributed by atoms with Crippen LogP contribution >= 0.6 is 11.7 Å². The van der Waals surface area contributed by atoms with Crippen molar-refractivity contribution in [3.63, 3.8) is 0 Å². The van der Waals surface area contributed by atoms with Crippen molar-refractivity contribution in [2.45, 2.75) is 37.6 Å². The van der Waals surface area contributed by atoms with Gasteiger partial charge in [0.25, 0.3) is 0 Å². The van der Waals surface area contributed by atoms with Gasteiger partial charge >= 0.3 is 0 Å². The van der Waals surface area contributed by atoms with Crippen LogP contribution in [0, 0.1) is 5.92 Å². The van der Waals surface area contributed by atoms with E-state index in [2.05, 4.69) is 18.8 Å². The van der Waals surface area contributed by atoms with Gasteiger partial charge in [0.1, 0.15) is 22.0 Å². The fourth-order valence-corrected chi connectivity index (χ4v) is 5.09. The van der Waals surface area contributed by atoms with E-state index in [1.807, 2.05) is 44.2 Å². The summed E-state index contributed by atoms with van der Waals surface area (Å²) in [6.07, 6.45) is 1.62. The first-order valence-electron chi connectivity index (χ1n) is 9.44. The summed E-state index contributed by atoms with van der Waals surface area (Å²) in [5.74, 6) is -0.549. The summed E-state index contributed by atoms with van der Waals surface area (Å²) < 4.78 is 36.6. The van der Waals surface area contributed by atoms with E-state index < -0.39 is 16.1 Å². The predicted octanol–water partition coefficient (Wildman–Crippen LogP) is 2.74. The lowest BCUT2D eigenvalue weighted by Gasteiger charge is -2.21. The van der Waals surface area contributed by atoms with E-state index in [1.165, 1.54) is 11.6 Å². The number of sulfonamides is 1. The number of aryl methyl sites for hydroxylation is 1. The van der Waals surface area contributed by atoms with Crippen LogP contribution in [0.2, 0.25) is 0 Å². The Kier molecular flexibility index (Phi) is 6.94. The number of carbonyl (C=O) groups excluding carboxylic acids is 1. The summed E-state index contributed by atoms with van der Waals surface area (Å²) in [6, 6.07) is 13.9. The van der Waals surface area contributed by atoms with Gasteiger partial charge in [0.05, 0.1) is 11.7 Å². The fraction of sp³-hybridized carbons (Fsp3) is 0.350. The zero-order chi connectivity index (χ0) is 20.9. The van der Waals surface area contributed by atoms with Gasteiger partial charge in [-0.1, -0.05) is 50.2 Å². The predicted molar refractivity (Wildman–Crippen MR) is 114 cm³/mol. The van der Waals surface area contributed by atoms with Gasteiger partial charge in [0.15, 0.2) is 0 Å². The third-order valence-corrected chi connectivity index (χ3v) is 6.57. The Morgan fingerprint density at radius 1 is 1.07 bits per heavy atom. The van der Waals surface area contributed by atoms with Crippen LogP contribution in [0.15, 0.2) is 53.4 Å². The van der Waals surface area contributed by atoms with Crippen molar-refractivity contribution in [2.75, 3.05) is 6.54 Å². The Bertz CT molecular complexity index is 1070. The molecule has 1 heterocycles. The zero-order valence-corrected chi connectivity index (χ0v) is 18.0. The molecule has 9 heteroatoms. The lowest BCUT2D eigenvalue weighted by molar-refractivity contribution is -0.123. The molecular weight excluding hydrogens is 408 g/mol. The maximum Gasteiger partial charge on any atom is 0.243 e. The molecule has 0 radical (unpaired) electrons. The number of fused-ring (bicyclic) bond motifs is 1. The van der Waals surface area contributed by atoms with Crippen LogP contribution in [0.1, 0.15) is 25.8 Å². The van der Waals surface area contributed by atoms with Crippen molar-refractivity contribution in [2.24, 2.45) is 5.92 Å². The number of carbonyl (C=O) groups is 1. The molecule has 0 aliphatic carbocycles. The number of aromatic nitrogens is 2. The van der Waals surface area contributed by atoms with Crippen LogP contribution < -0.4 is 10.0 Å². The third-order valence-electron chi connectivity index (χ3n) is 4.55. The average Bonchev–Trinajstić information content (AvgIpc) is 3.18. The van der Waals surface area contributed by atoms with E-state index in [-0.39, 0.29) is 16.7 Å². The van der Waals surface area contributed by atoms with Gasteiger partial charge in [-0.15, -0.1) is 0 Å². The van der Waals surface area contributed by atoms with Gasteiger partial charge in [0, 0.05) is 6.54 Å².